The molecule has 1 aliphatic rings. The predicted molar refractivity (Wildman–Crippen MR) is 75.4 cm³/mol. The second kappa shape index (κ2) is 4.98. The largest absolute Gasteiger partial charge is 0.497 e. The number of nitrogens with one attached hydrogen (secondary N) is 1. The van der Waals surface area contributed by atoms with Crippen molar-refractivity contribution in [1.29, 1.82) is 0 Å². The summed E-state index contributed by atoms with van der Waals surface area (Å²) in [6.07, 6.45) is 1.12. The monoisotopic (exact) mass is 271 g/mol. The molecule has 0 aliphatic carbocycles. The normalized spacial score (nSPS) is 16.9. The number of rotatable bonds is 2. The zero-order valence-electron chi connectivity index (χ0n) is 10.9. The predicted octanol–water partition coefficient (Wildman–Crippen LogP) is 2.93. The summed E-state index contributed by atoms with van der Waals surface area (Å²) >= 11 is 0. The summed E-state index contributed by atoms with van der Waals surface area (Å²) in [5.74, 6) is 0.445. The van der Waals surface area contributed by atoms with Crippen LogP contribution in [0.4, 0.5) is 4.39 Å². The number of hydrogen-bond donors (Lipinski definition) is 2. The van der Waals surface area contributed by atoms with Gasteiger partial charge in [-0.15, -0.1) is 0 Å². The highest BCUT2D eigenvalue weighted by atomic mass is 19.1. The fourth-order valence-corrected chi connectivity index (χ4v) is 2.27. The lowest BCUT2D eigenvalue weighted by Crippen LogP contribution is -2.23. The standard InChI is InChI=1S/C16H14FNO2/c1-20-13-6-7-14-11(8-13)9-15(18-16(14)19)10-2-4-12(17)5-3-10/h2-9,16,18-19H,1H3. The molecular formula is C16H14FNO2. The molecule has 3 nitrogen and oxygen atoms in total. The molecule has 0 radical (unpaired) electrons. The molecule has 0 spiro atoms. The first-order valence-corrected chi connectivity index (χ1v) is 6.27. The number of aliphatic hydroxyl groups is 1. The van der Waals surface area contributed by atoms with Crippen molar-refractivity contribution in [3.05, 3.63) is 65.0 Å². The van der Waals surface area contributed by atoms with Crippen molar-refractivity contribution in [2.24, 2.45) is 0 Å². The molecule has 1 atom stereocenters. The van der Waals surface area contributed by atoms with Gasteiger partial charge in [0.2, 0.25) is 0 Å². The van der Waals surface area contributed by atoms with E-state index in [1.54, 1.807) is 25.3 Å². The van der Waals surface area contributed by atoms with Crippen LogP contribution < -0.4 is 10.1 Å². The van der Waals surface area contributed by atoms with E-state index in [1.807, 2.05) is 18.2 Å². The SMILES string of the molecule is COc1ccc2c(c1)C=C(c1ccc(F)cc1)NC2O. The van der Waals surface area contributed by atoms with Crippen molar-refractivity contribution >= 4 is 11.8 Å². The minimum atomic E-state index is -0.791. The van der Waals surface area contributed by atoms with E-state index in [-0.39, 0.29) is 5.82 Å². The quantitative estimate of drug-likeness (QED) is 0.882. The number of methoxy groups -OCH3 is 1. The van der Waals surface area contributed by atoms with Gasteiger partial charge in [-0.05, 0) is 41.5 Å². The molecule has 0 aromatic heterocycles. The Kier molecular flexibility index (Phi) is 3.16. The average molecular weight is 271 g/mol. The van der Waals surface area contributed by atoms with E-state index in [2.05, 4.69) is 5.32 Å². The summed E-state index contributed by atoms with van der Waals surface area (Å²) in [6.45, 7) is 0. The van der Waals surface area contributed by atoms with Crippen LogP contribution in [0.15, 0.2) is 42.5 Å². The maximum atomic E-state index is 13.0. The molecule has 102 valence electrons. The first kappa shape index (κ1) is 12.7. The Balaban J connectivity index is 2.05. The third kappa shape index (κ3) is 2.26. The molecule has 0 saturated carbocycles. The van der Waals surface area contributed by atoms with Crippen LogP contribution in [-0.2, 0) is 0 Å². The Morgan fingerprint density at radius 3 is 2.60 bits per heavy atom. The number of aliphatic hydroxyl groups excluding tert-OH is 1. The van der Waals surface area contributed by atoms with Crippen LogP contribution >= 0.6 is 0 Å². The van der Waals surface area contributed by atoms with Crippen molar-refractivity contribution in [3.8, 4) is 5.75 Å². The van der Waals surface area contributed by atoms with E-state index in [1.165, 1.54) is 12.1 Å². The van der Waals surface area contributed by atoms with Gasteiger partial charge in [0, 0.05) is 11.3 Å². The van der Waals surface area contributed by atoms with Gasteiger partial charge in [0.05, 0.1) is 7.11 Å². The average Bonchev–Trinajstić information content (AvgIpc) is 2.47. The van der Waals surface area contributed by atoms with Gasteiger partial charge in [-0.1, -0.05) is 18.2 Å². The molecule has 3 rings (SSSR count). The van der Waals surface area contributed by atoms with Gasteiger partial charge in [-0.3, -0.25) is 0 Å². The Bertz CT molecular complexity index is 665. The third-order valence-electron chi connectivity index (χ3n) is 3.34. The summed E-state index contributed by atoms with van der Waals surface area (Å²) < 4.78 is 18.2. The van der Waals surface area contributed by atoms with E-state index >= 15 is 0 Å². The molecular weight excluding hydrogens is 257 g/mol. The molecule has 0 amide bonds. The summed E-state index contributed by atoms with van der Waals surface area (Å²) in [7, 11) is 1.60. The first-order valence-electron chi connectivity index (χ1n) is 6.27. The van der Waals surface area contributed by atoms with Gasteiger partial charge < -0.3 is 15.2 Å². The maximum Gasteiger partial charge on any atom is 0.151 e. The number of benzene rings is 2. The van der Waals surface area contributed by atoms with Gasteiger partial charge in [-0.25, -0.2) is 4.39 Å². The highest BCUT2D eigenvalue weighted by Crippen LogP contribution is 2.31. The second-order valence-corrected chi connectivity index (χ2v) is 4.61. The van der Waals surface area contributed by atoms with Crippen molar-refractivity contribution in [1.82, 2.24) is 5.32 Å². The fourth-order valence-electron chi connectivity index (χ4n) is 2.27. The van der Waals surface area contributed by atoms with E-state index in [9.17, 15) is 9.50 Å². The van der Waals surface area contributed by atoms with Crippen LogP contribution in [-0.4, -0.2) is 12.2 Å². The van der Waals surface area contributed by atoms with E-state index in [4.69, 9.17) is 4.74 Å². The summed E-state index contributed by atoms with van der Waals surface area (Å²) in [5, 5.41) is 13.1. The Morgan fingerprint density at radius 1 is 1.15 bits per heavy atom. The summed E-state index contributed by atoms with van der Waals surface area (Å²) in [6, 6.07) is 11.6. The first-order chi connectivity index (χ1) is 9.67. The molecule has 4 heteroatoms. The molecule has 20 heavy (non-hydrogen) atoms. The summed E-state index contributed by atoms with van der Waals surface area (Å²) in [5.41, 5.74) is 3.24. The van der Waals surface area contributed by atoms with Crippen molar-refractivity contribution < 1.29 is 14.2 Å². The van der Waals surface area contributed by atoms with Gasteiger partial charge >= 0.3 is 0 Å². The van der Waals surface area contributed by atoms with Crippen molar-refractivity contribution in [2.45, 2.75) is 6.23 Å². The molecule has 2 N–H and O–H groups in total. The minimum Gasteiger partial charge on any atom is -0.497 e. The fraction of sp³-hybridized carbons (Fsp3) is 0.125. The van der Waals surface area contributed by atoms with Crippen molar-refractivity contribution in [3.63, 3.8) is 0 Å². The summed E-state index contributed by atoms with van der Waals surface area (Å²) in [4.78, 5) is 0. The van der Waals surface area contributed by atoms with E-state index in [0.717, 1.165) is 28.1 Å². The minimum absolute atomic E-state index is 0.284. The second-order valence-electron chi connectivity index (χ2n) is 4.61. The number of ether oxygens (including phenoxy) is 1. The lowest BCUT2D eigenvalue weighted by Gasteiger charge is -2.24. The topological polar surface area (TPSA) is 41.5 Å². The lowest BCUT2D eigenvalue weighted by atomic mass is 9.98. The Labute approximate surface area is 116 Å². The molecule has 0 fully saturated rings. The van der Waals surface area contributed by atoms with Gasteiger partial charge in [-0.2, -0.15) is 0 Å². The third-order valence-corrected chi connectivity index (χ3v) is 3.34. The Morgan fingerprint density at radius 2 is 1.90 bits per heavy atom. The van der Waals surface area contributed by atoms with Gasteiger partial charge in [0.15, 0.2) is 6.23 Å². The van der Waals surface area contributed by atoms with Crippen LogP contribution in [0.1, 0.15) is 22.9 Å². The Hall–Kier alpha value is -2.33. The number of halogens is 1. The molecule has 1 unspecified atom stereocenters. The molecule has 1 heterocycles. The van der Waals surface area contributed by atoms with Crippen LogP contribution in [0.25, 0.3) is 11.8 Å². The molecule has 0 saturated heterocycles. The molecule has 2 aromatic rings. The van der Waals surface area contributed by atoms with Crippen LogP contribution in [0.5, 0.6) is 5.75 Å². The zero-order chi connectivity index (χ0) is 14.1. The molecule has 1 aliphatic heterocycles. The highest BCUT2D eigenvalue weighted by molar-refractivity contribution is 5.83. The van der Waals surface area contributed by atoms with Gasteiger partial charge in [0.1, 0.15) is 11.6 Å². The van der Waals surface area contributed by atoms with E-state index in [0.29, 0.717) is 0 Å². The number of hydrogen-bond acceptors (Lipinski definition) is 3. The smallest absolute Gasteiger partial charge is 0.151 e. The number of fused-ring (bicyclic) bond motifs is 1. The van der Waals surface area contributed by atoms with Crippen LogP contribution in [0, 0.1) is 5.82 Å². The highest BCUT2D eigenvalue weighted by Gasteiger charge is 2.19. The van der Waals surface area contributed by atoms with E-state index < -0.39 is 6.23 Å². The van der Waals surface area contributed by atoms with Crippen LogP contribution in [0.3, 0.4) is 0 Å². The van der Waals surface area contributed by atoms with Gasteiger partial charge in [0.25, 0.3) is 0 Å². The van der Waals surface area contributed by atoms with Crippen molar-refractivity contribution in [2.75, 3.05) is 7.11 Å². The molecule has 0 bridgehead atoms. The maximum absolute atomic E-state index is 13.0. The molecule has 2 aromatic carbocycles. The van der Waals surface area contributed by atoms with Crippen LogP contribution in [0.2, 0.25) is 0 Å². The lowest BCUT2D eigenvalue weighted by molar-refractivity contribution is 0.158. The zero-order valence-corrected chi connectivity index (χ0v) is 10.9.